The monoisotopic (exact) mass is 560 g/mol. The topological polar surface area (TPSA) is 0 Å². The minimum atomic E-state index is -0.826. The molecular formula is C28H36Cl2SiZr. The number of hydrogen-bond acceptors (Lipinski definition) is 0. The molecule has 170 valence electrons. The third-order valence-corrected chi connectivity index (χ3v) is 5.44. The molecule has 0 aliphatic carbocycles. The summed E-state index contributed by atoms with van der Waals surface area (Å²) in [5.74, 6) is 0. The van der Waals surface area contributed by atoms with Gasteiger partial charge in [0.15, 0.2) is 0 Å². The van der Waals surface area contributed by atoms with Gasteiger partial charge in [-0.25, -0.2) is 0 Å². The Hall–Kier alpha value is -0.660. The van der Waals surface area contributed by atoms with E-state index in [2.05, 4.69) is 103 Å². The maximum atomic E-state index is 4.93. The molecule has 2 radical (unpaired) electrons. The predicted octanol–water partition coefficient (Wildman–Crippen LogP) is 9.64. The third kappa shape index (κ3) is 8.28. The first-order valence-electron chi connectivity index (χ1n) is 11.1. The van der Waals surface area contributed by atoms with E-state index in [1.54, 1.807) is 0 Å². The van der Waals surface area contributed by atoms with Crippen molar-refractivity contribution < 1.29 is 20.8 Å². The Balaban J connectivity index is 0.000000258. The number of halogens is 2. The molecule has 0 spiro atoms. The number of rotatable bonds is 2. The van der Waals surface area contributed by atoms with Crippen LogP contribution in [0.1, 0.15) is 47.2 Å². The van der Waals surface area contributed by atoms with Crippen LogP contribution in [0.3, 0.4) is 0 Å². The van der Waals surface area contributed by atoms with Crippen LogP contribution in [0.4, 0.5) is 0 Å². The van der Waals surface area contributed by atoms with Crippen LogP contribution in [0.15, 0.2) is 48.5 Å². The molecule has 4 heteroatoms. The SMILES string of the molecule is CCc1ccc(C)c2[cH-]c(C)cc12.CCc1ccc(C)c2[cH-]c(C)cc12.C[Si]C.[Cl][Zr+2][Cl]. The molecule has 0 unspecified atom stereocenters. The van der Waals surface area contributed by atoms with Gasteiger partial charge in [0.25, 0.3) is 0 Å². The van der Waals surface area contributed by atoms with E-state index in [1.165, 1.54) is 54.9 Å². The zero-order valence-corrected chi connectivity index (χ0v) is 25.8. The summed E-state index contributed by atoms with van der Waals surface area (Å²) in [6, 6.07) is 18.1. The van der Waals surface area contributed by atoms with E-state index in [0.29, 0.717) is 0 Å². The molecule has 0 aliphatic rings. The summed E-state index contributed by atoms with van der Waals surface area (Å²) in [5.41, 5.74) is 8.46. The molecule has 4 aromatic carbocycles. The molecule has 0 saturated carbocycles. The molecular weight excluding hydrogens is 527 g/mol. The van der Waals surface area contributed by atoms with Gasteiger partial charge >= 0.3 is 37.9 Å². The summed E-state index contributed by atoms with van der Waals surface area (Å²) in [5, 5.41) is 5.74. The summed E-state index contributed by atoms with van der Waals surface area (Å²) in [6.45, 7) is 17.4. The molecule has 0 atom stereocenters. The summed E-state index contributed by atoms with van der Waals surface area (Å²) in [7, 11) is 11.0. The molecule has 4 rings (SSSR count). The van der Waals surface area contributed by atoms with Gasteiger partial charge in [0.1, 0.15) is 0 Å². The standard InChI is InChI=1S/2C13H15.C2H6Si.2ClH.Zr/c2*1-4-11-6-5-10(3)12-7-9(2)8-13(11)12;1-3-2;;;/h2*5-8H,4H2,1-3H3;1-2H3;2*1H;/q2*-1;;;;+4/p-2. The van der Waals surface area contributed by atoms with Crippen LogP contribution < -0.4 is 0 Å². The van der Waals surface area contributed by atoms with Crippen molar-refractivity contribution in [1.82, 2.24) is 0 Å². The fourth-order valence-corrected chi connectivity index (χ4v) is 3.92. The molecule has 4 aromatic rings. The Bertz CT molecular complexity index is 1000. The molecule has 0 aliphatic heterocycles. The van der Waals surface area contributed by atoms with Crippen molar-refractivity contribution in [3.63, 3.8) is 0 Å². The summed E-state index contributed by atoms with van der Waals surface area (Å²) in [6.07, 6.45) is 2.25. The molecule has 0 N–H and O–H groups in total. The minimum absolute atomic E-state index is 0.826. The molecule has 0 amide bonds. The fourth-order valence-electron chi connectivity index (χ4n) is 3.92. The van der Waals surface area contributed by atoms with Crippen LogP contribution in [0.25, 0.3) is 21.5 Å². The second kappa shape index (κ2) is 15.3. The normalized spacial score (nSPS) is 9.81. The van der Waals surface area contributed by atoms with Gasteiger partial charge in [0.05, 0.1) is 0 Å². The third-order valence-electron chi connectivity index (χ3n) is 5.44. The quantitative estimate of drug-likeness (QED) is 0.169. The van der Waals surface area contributed by atoms with Crippen molar-refractivity contribution in [3.8, 4) is 0 Å². The Morgan fingerprint density at radius 2 is 1.03 bits per heavy atom. The summed E-state index contributed by atoms with van der Waals surface area (Å²) in [4.78, 5) is 0. The van der Waals surface area contributed by atoms with Crippen LogP contribution in [-0.4, -0.2) is 9.52 Å². The van der Waals surface area contributed by atoms with E-state index in [9.17, 15) is 0 Å². The Kier molecular flexibility index (Phi) is 14.0. The summed E-state index contributed by atoms with van der Waals surface area (Å²) >= 11 is -0.826. The molecule has 0 aromatic heterocycles. The average molecular weight is 563 g/mol. The van der Waals surface area contributed by atoms with Crippen LogP contribution in [-0.2, 0) is 33.7 Å². The van der Waals surface area contributed by atoms with Gasteiger partial charge in [-0.15, -0.1) is 68.1 Å². The molecule has 0 fully saturated rings. The van der Waals surface area contributed by atoms with Crippen LogP contribution in [0, 0.1) is 27.7 Å². The maximum absolute atomic E-state index is 4.93. The zero-order valence-electron chi connectivity index (χ0n) is 20.8. The van der Waals surface area contributed by atoms with Crippen molar-refractivity contribution >= 4 is 48.1 Å². The van der Waals surface area contributed by atoms with E-state index < -0.39 is 20.8 Å². The van der Waals surface area contributed by atoms with Crippen molar-refractivity contribution in [3.05, 3.63) is 81.9 Å². The van der Waals surface area contributed by atoms with E-state index >= 15 is 0 Å². The van der Waals surface area contributed by atoms with E-state index in [1.807, 2.05) is 0 Å². The molecule has 0 bridgehead atoms. The first kappa shape index (κ1) is 29.4. The van der Waals surface area contributed by atoms with E-state index in [4.69, 9.17) is 17.0 Å². The Morgan fingerprint density at radius 3 is 1.31 bits per heavy atom. The average Bonchev–Trinajstić information content (AvgIpc) is 3.34. The second-order valence-corrected chi connectivity index (χ2v) is 12.8. The summed E-state index contributed by atoms with van der Waals surface area (Å²) < 4.78 is 0. The van der Waals surface area contributed by atoms with Crippen molar-refractivity contribution in [2.75, 3.05) is 0 Å². The predicted molar refractivity (Wildman–Crippen MR) is 146 cm³/mol. The van der Waals surface area contributed by atoms with Crippen LogP contribution in [0.5, 0.6) is 0 Å². The first-order chi connectivity index (χ1) is 15.3. The van der Waals surface area contributed by atoms with Gasteiger partial charge in [-0.2, -0.15) is 12.1 Å². The Morgan fingerprint density at radius 1 is 0.719 bits per heavy atom. The first-order valence-corrected chi connectivity index (χ1v) is 19.5. The van der Waals surface area contributed by atoms with Gasteiger partial charge in [0, 0.05) is 9.52 Å². The van der Waals surface area contributed by atoms with Gasteiger partial charge < -0.3 is 0 Å². The van der Waals surface area contributed by atoms with Gasteiger partial charge in [-0.3, -0.25) is 0 Å². The van der Waals surface area contributed by atoms with Gasteiger partial charge in [-0.05, 0) is 12.8 Å². The molecule has 32 heavy (non-hydrogen) atoms. The Labute approximate surface area is 216 Å². The number of benzene rings is 2. The molecule has 0 nitrogen and oxygen atoms in total. The van der Waals surface area contributed by atoms with E-state index in [0.717, 1.165) is 22.4 Å². The van der Waals surface area contributed by atoms with Crippen molar-refractivity contribution in [1.29, 1.82) is 0 Å². The van der Waals surface area contributed by atoms with Crippen molar-refractivity contribution in [2.45, 2.75) is 67.5 Å². The van der Waals surface area contributed by atoms with Crippen molar-refractivity contribution in [2.24, 2.45) is 0 Å². The number of fused-ring (bicyclic) bond motifs is 2. The molecule has 0 saturated heterocycles. The number of aryl methyl sites for hydroxylation is 6. The van der Waals surface area contributed by atoms with Crippen LogP contribution >= 0.6 is 17.0 Å². The van der Waals surface area contributed by atoms with E-state index in [-0.39, 0.29) is 0 Å². The van der Waals surface area contributed by atoms with Gasteiger partial charge in [-0.1, -0.05) is 77.9 Å². The second-order valence-electron chi connectivity index (χ2n) is 8.08. The number of hydrogen-bond donors (Lipinski definition) is 0. The molecule has 0 heterocycles. The fraction of sp³-hybridized carbons (Fsp3) is 0.357. The zero-order chi connectivity index (χ0) is 24.3. The van der Waals surface area contributed by atoms with Gasteiger partial charge in [0.2, 0.25) is 0 Å². The van der Waals surface area contributed by atoms with Crippen LogP contribution in [0.2, 0.25) is 13.1 Å².